The number of carbonyl (C=O) groups excluding carboxylic acids is 1. The van der Waals surface area contributed by atoms with Crippen molar-refractivity contribution in [2.75, 3.05) is 11.1 Å². The van der Waals surface area contributed by atoms with E-state index in [1.165, 1.54) is 11.3 Å². The highest BCUT2D eigenvalue weighted by atomic mass is 32.2. The van der Waals surface area contributed by atoms with Crippen molar-refractivity contribution >= 4 is 42.4 Å². The van der Waals surface area contributed by atoms with E-state index in [1.54, 1.807) is 30.3 Å². The summed E-state index contributed by atoms with van der Waals surface area (Å²) in [6.07, 6.45) is 0.409. The molecule has 26 heavy (non-hydrogen) atoms. The lowest BCUT2D eigenvalue weighted by Crippen LogP contribution is -2.14. The summed E-state index contributed by atoms with van der Waals surface area (Å²) in [7, 11) is -3.35. The third-order valence-corrected chi connectivity index (χ3v) is 7.03. The maximum Gasteiger partial charge on any atom is 0.226 e. The largest absolute Gasteiger partial charge is 0.302 e. The van der Waals surface area contributed by atoms with Crippen LogP contribution in [0.15, 0.2) is 47.4 Å². The molecule has 1 aromatic heterocycles. The summed E-state index contributed by atoms with van der Waals surface area (Å²) in [5.41, 5.74) is 3.09. The zero-order valence-corrected chi connectivity index (χ0v) is 16.3. The summed E-state index contributed by atoms with van der Waals surface area (Å²) >= 11 is 1.44. The number of nitrogens with one attached hydrogen (secondary N) is 1. The van der Waals surface area contributed by atoms with E-state index in [0.717, 1.165) is 21.3 Å². The Hall–Kier alpha value is -2.25. The molecule has 3 aromatic rings. The van der Waals surface area contributed by atoms with Crippen molar-refractivity contribution in [1.82, 2.24) is 4.98 Å². The van der Waals surface area contributed by atoms with Crippen molar-refractivity contribution in [2.45, 2.75) is 31.6 Å². The first-order valence-electron chi connectivity index (χ1n) is 8.31. The molecule has 0 spiro atoms. The number of thiazole rings is 1. The van der Waals surface area contributed by atoms with Gasteiger partial charge in [-0.2, -0.15) is 0 Å². The van der Waals surface area contributed by atoms with Gasteiger partial charge >= 0.3 is 0 Å². The number of benzene rings is 2. The van der Waals surface area contributed by atoms with E-state index in [-0.39, 0.29) is 29.4 Å². The van der Waals surface area contributed by atoms with Crippen molar-refractivity contribution in [3.63, 3.8) is 0 Å². The smallest absolute Gasteiger partial charge is 0.226 e. The van der Waals surface area contributed by atoms with E-state index >= 15 is 0 Å². The van der Waals surface area contributed by atoms with Gasteiger partial charge in [-0.3, -0.25) is 4.79 Å². The molecule has 1 heterocycles. The number of aryl methyl sites for hydroxylation is 2. The molecule has 0 radical (unpaired) electrons. The molecule has 2 aromatic carbocycles. The van der Waals surface area contributed by atoms with Crippen molar-refractivity contribution in [2.24, 2.45) is 0 Å². The van der Waals surface area contributed by atoms with Crippen LogP contribution in [-0.4, -0.2) is 25.1 Å². The Morgan fingerprint density at radius 3 is 2.46 bits per heavy atom. The molecule has 5 nitrogen and oxygen atoms in total. The normalized spacial score (nSPS) is 11.6. The lowest BCUT2D eigenvalue weighted by atomic mass is 10.1. The van der Waals surface area contributed by atoms with Gasteiger partial charge in [0, 0.05) is 6.42 Å². The number of carbonyl (C=O) groups is 1. The van der Waals surface area contributed by atoms with Gasteiger partial charge in [-0.15, -0.1) is 0 Å². The number of aromatic nitrogens is 1. The lowest BCUT2D eigenvalue weighted by molar-refractivity contribution is -0.116. The second-order valence-corrected chi connectivity index (χ2v) is 9.29. The number of sulfone groups is 1. The first-order valence-corrected chi connectivity index (χ1v) is 10.8. The van der Waals surface area contributed by atoms with Gasteiger partial charge in [0.05, 0.1) is 20.9 Å². The van der Waals surface area contributed by atoms with E-state index in [1.807, 2.05) is 26.0 Å². The van der Waals surface area contributed by atoms with Crippen LogP contribution in [0.3, 0.4) is 0 Å². The summed E-state index contributed by atoms with van der Waals surface area (Å²) in [5, 5.41) is 3.33. The molecule has 7 heteroatoms. The fourth-order valence-electron chi connectivity index (χ4n) is 2.66. The molecule has 0 aliphatic rings. The molecule has 1 N–H and O–H groups in total. The van der Waals surface area contributed by atoms with E-state index in [9.17, 15) is 13.2 Å². The Balaban J connectivity index is 1.60. The quantitative estimate of drug-likeness (QED) is 0.689. The molecule has 0 saturated carbocycles. The second-order valence-electron chi connectivity index (χ2n) is 6.18. The Morgan fingerprint density at radius 2 is 1.77 bits per heavy atom. The minimum Gasteiger partial charge on any atom is -0.302 e. The number of hydrogen-bond donors (Lipinski definition) is 1. The molecular formula is C19H20N2O3S2. The molecular weight excluding hydrogens is 368 g/mol. The minimum atomic E-state index is -3.35. The Kier molecular flexibility index (Phi) is 5.38. The highest BCUT2D eigenvalue weighted by Gasteiger charge is 2.15. The van der Waals surface area contributed by atoms with Gasteiger partial charge in [0.15, 0.2) is 15.0 Å². The second kappa shape index (κ2) is 7.55. The number of fused-ring (bicyclic) bond motifs is 1. The van der Waals surface area contributed by atoms with Crippen molar-refractivity contribution in [3.05, 3.63) is 53.6 Å². The summed E-state index contributed by atoms with van der Waals surface area (Å²) in [6, 6.07) is 12.3. The van der Waals surface area contributed by atoms with Crippen LogP contribution in [0.4, 0.5) is 5.13 Å². The topological polar surface area (TPSA) is 76.1 Å². The van der Waals surface area contributed by atoms with Crippen LogP contribution in [-0.2, 0) is 14.6 Å². The summed E-state index contributed by atoms with van der Waals surface area (Å²) < 4.78 is 25.5. The average Bonchev–Trinajstić information content (AvgIpc) is 3.04. The predicted octanol–water partition coefficient (Wildman–Crippen LogP) is 4.11. The number of rotatable bonds is 6. The van der Waals surface area contributed by atoms with Crippen molar-refractivity contribution in [3.8, 4) is 0 Å². The van der Waals surface area contributed by atoms with Crippen molar-refractivity contribution < 1.29 is 13.2 Å². The molecule has 0 atom stereocenters. The Morgan fingerprint density at radius 1 is 1.08 bits per heavy atom. The first-order chi connectivity index (χ1) is 12.4. The highest BCUT2D eigenvalue weighted by molar-refractivity contribution is 7.91. The fraction of sp³-hybridized carbons (Fsp3) is 0.263. The van der Waals surface area contributed by atoms with Gasteiger partial charge in [0.25, 0.3) is 0 Å². The fourth-order valence-corrected chi connectivity index (χ4v) is 5.02. The van der Waals surface area contributed by atoms with Crippen LogP contribution in [0, 0.1) is 13.8 Å². The predicted molar refractivity (Wildman–Crippen MR) is 105 cm³/mol. The summed E-state index contributed by atoms with van der Waals surface area (Å²) in [6.45, 7) is 4.00. The Labute approximate surface area is 157 Å². The Bertz CT molecular complexity index is 1000. The van der Waals surface area contributed by atoms with Crippen LogP contribution in [0.25, 0.3) is 10.2 Å². The standard InChI is InChI=1S/C19H20N2O3S2/c1-13-10-11-14(2)18-17(13)21-19(25-18)20-16(22)9-6-12-26(23,24)15-7-4-3-5-8-15/h3-5,7-8,10-11H,6,9,12H2,1-2H3,(H,20,21,22). The van der Waals surface area contributed by atoms with Crippen LogP contribution in [0.5, 0.6) is 0 Å². The maximum absolute atomic E-state index is 12.2. The molecule has 0 fully saturated rings. The minimum absolute atomic E-state index is 0.0531. The zero-order chi connectivity index (χ0) is 18.7. The van der Waals surface area contributed by atoms with Crippen LogP contribution < -0.4 is 5.32 Å². The molecule has 0 unspecified atom stereocenters. The van der Waals surface area contributed by atoms with E-state index in [0.29, 0.717) is 5.13 Å². The molecule has 1 amide bonds. The molecule has 0 aliphatic heterocycles. The first kappa shape index (κ1) is 18.5. The molecule has 0 bridgehead atoms. The highest BCUT2D eigenvalue weighted by Crippen LogP contribution is 2.30. The summed E-state index contributed by atoms with van der Waals surface area (Å²) in [4.78, 5) is 16.9. The maximum atomic E-state index is 12.2. The number of hydrogen-bond acceptors (Lipinski definition) is 5. The molecule has 136 valence electrons. The summed E-state index contributed by atoms with van der Waals surface area (Å²) in [5.74, 6) is -0.273. The third kappa shape index (κ3) is 4.11. The van der Waals surface area contributed by atoms with Crippen LogP contribution in [0.2, 0.25) is 0 Å². The zero-order valence-electron chi connectivity index (χ0n) is 14.7. The van der Waals surface area contributed by atoms with E-state index in [4.69, 9.17) is 0 Å². The van der Waals surface area contributed by atoms with Gasteiger partial charge in [-0.05, 0) is 43.5 Å². The van der Waals surface area contributed by atoms with Gasteiger partial charge in [0.2, 0.25) is 5.91 Å². The third-order valence-electron chi connectivity index (χ3n) is 4.11. The molecule has 0 aliphatic carbocycles. The monoisotopic (exact) mass is 388 g/mol. The van der Waals surface area contributed by atoms with Gasteiger partial charge in [-0.1, -0.05) is 41.7 Å². The number of nitrogens with zero attached hydrogens (tertiary/aromatic N) is 1. The van der Waals surface area contributed by atoms with Gasteiger partial charge in [-0.25, -0.2) is 13.4 Å². The molecule has 0 saturated heterocycles. The number of amides is 1. The van der Waals surface area contributed by atoms with E-state index < -0.39 is 9.84 Å². The van der Waals surface area contributed by atoms with E-state index in [2.05, 4.69) is 10.3 Å². The van der Waals surface area contributed by atoms with Crippen molar-refractivity contribution in [1.29, 1.82) is 0 Å². The van der Waals surface area contributed by atoms with Crippen LogP contribution in [0.1, 0.15) is 24.0 Å². The van der Waals surface area contributed by atoms with Crippen LogP contribution >= 0.6 is 11.3 Å². The SMILES string of the molecule is Cc1ccc(C)c2sc(NC(=O)CCCS(=O)(=O)c3ccccc3)nc12. The molecule has 3 rings (SSSR count). The lowest BCUT2D eigenvalue weighted by Gasteiger charge is -2.04. The average molecular weight is 389 g/mol. The number of anilines is 1. The van der Waals surface area contributed by atoms with Gasteiger partial charge < -0.3 is 5.32 Å². The van der Waals surface area contributed by atoms with Gasteiger partial charge in [0.1, 0.15) is 0 Å².